The van der Waals surface area contributed by atoms with Gasteiger partial charge in [-0.15, -0.1) is 0 Å². The van der Waals surface area contributed by atoms with Crippen molar-refractivity contribution in [2.24, 2.45) is 46.3 Å². The van der Waals surface area contributed by atoms with Crippen LogP contribution in [-0.2, 0) is 9.53 Å². The number of methoxy groups -OCH3 is 1. The van der Waals surface area contributed by atoms with Crippen LogP contribution in [-0.4, -0.2) is 13.1 Å². The highest BCUT2D eigenvalue weighted by Gasteiger charge is 2.57. The lowest BCUT2D eigenvalue weighted by molar-refractivity contribution is -0.141. The summed E-state index contributed by atoms with van der Waals surface area (Å²) in [5.41, 5.74) is 2.81. The number of allylic oxidation sites excluding steroid dienone is 2. The standard InChI is InChI=1S/C26H42O2/c1-17-12-14-25(3)19(16-17)7-8-20-22-10-9-21(18(2)6-11-24(27)28-5)26(22,4)15-13-23(20)25/h13,17-22H,6-12,14-16H2,1-5H3/t17-,18+,19+,20?,21?,22?,25-,26+/m0/s1. The fourth-order valence-corrected chi connectivity index (χ4v) is 8.36. The third-order valence-corrected chi connectivity index (χ3v) is 10.1. The first-order chi connectivity index (χ1) is 13.3. The number of ether oxygens (including phenoxy) is 1. The summed E-state index contributed by atoms with van der Waals surface area (Å²) in [6.45, 7) is 10.1. The molecule has 0 heterocycles. The highest BCUT2D eigenvalue weighted by atomic mass is 16.5. The van der Waals surface area contributed by atoms with Crippen LogP contribution in [0.15, 0.2) is 11.6 Å². The van der Waals surface area contributed by atoms with Gasteiger partial charge in [0.05, 0.1) is 7.11 Å². The molecule has 0 N–H and O–H groups in total. The molecule has 4 rings (SSSR count). The second-order valence-electron chi connectivity index (χ2n) is 11.4. The van der Waals surface area contributed by atoms with Crippen LogP contribution in [0.25, 0.3) is 0 Å². The van der Waals surface area contributed by atoms with Gasteiger partial charge in [-0.25, -0.2) is 0 Å². The van der Waals surface area contributed by atoms with Crippen LogP contribution in [0.2, 0.25) is 0 Å². The molecule has 0 amide bonds. The van der Waals surface area contributed by atoms with E-state index < -0.39 is 0 Å². The topological polar surface area (TPSA) is 26.3 Å². The highest BCUT2D eigenvalue weighted by molar-refractivity contribution is 5.69. The van der Waals surface area contributed by atoms with Crippen LogP contribution in [0, 0.1) is 46.3 Å². The van der Waals surface area contributed by atoms with E-state index in [2.05, 4.69) is 33.8 Å². The Balaban J connectivity index is 1.53. The van der Waals surface area contributed by atoms with Gasteiger partial charge in [0.2, 0.25) is 0 Å². The molecule has 0 bridgehead atoms. The molecular weight excluding hydrogens is 344 g/mol. The molecule has 158 valence electrons. The first-order valence-electron chi connectivity index (χ1n) is 12.1. The van der Waals surface area contributed by atoms with Crippen molar-refractivity contribution in [3.8, 4) is 0 Å². The van der Waals surface area contributed by atoms with Gasteiger partial charge in [-0.1, -0.05) is 39.3 Å². The molecule has 0 radical (unpaired) electrons. The summed E-state index contributed by atoms with van der Waals surface area (Å²) >= 11 is 0. The van der Waals surface area contributed by atoms with Crippen LogP contribution in [0.5, 0.6) is 0 Å². The molecule has 0 aromatic rings. The Morgan fingerprint density at radius 2 is 2.00 bits per heavy atom. The fraction of sp³-hybridized carbons (Fsp3) is 0.885. The van der Waals surface area contributed by atoms with Gasteiger partial charge in [0.15, 0.2) is 0 Å². The molecule has 4 aliphatic rings. The highest BCUT2D eigenvalue weighted by Crippen LogP contribution is 2.66. The molecule has 3 saturated carbocycles. The van der Waals surface area contributed by atoms with Gasteiger partial charge in [0.25, 0.3) is 0 Å². The van der Waals surface area contributed by atoms with Crippen molar-refractivity contribution in [2.75, 3.05) is 7.11 Å². The van der Waals surface area contributed by atoms with Crippen LogP contribution in [0.1, 0.15) is 91.9 Å². The molecule has 4 aliphatic carbocycles. The maximum absolute atomic E-state index is 11.6. The molecule has 28 heavy (non-hydrogen) atoms. The molecule has 0 saturated heterocycles. The normalized spacial score (nSPS) is 46.0. The predicted octanol–water partition coefficient (Wildman–Crippen LogP) is 6.79. The van der Waals surface area contributed by atoms with Gasteiger partial charge in [-0.3, -0.25) is 4.79 Å². The van der Waals surface area contributed by atoms with Crippen LogP contribution in [0.4, 0.5) is 0 Å². The van der Waals surface area contributed by atoms with E-state index in [9.17, 15) is 4.79 Å². The summed E-state index contributed by atoms with van der Waals surface area (Å²) < 4.78 is 4.89. The Hall–Kier alpha value is -0.790. The van der Waals surface area contributed by atoms with E-state index in [4.69, 9.17) is 4.74 Å². The first-order valence-corrected chi connectivity index (χ1v) is 12.1. The maximum atomic E-state index is 11.6. The van der Waals surface area contributed by atoms with Crippen LogP contribution >= 0.6 is 0 Å². The zero-order chi connectivity index (χ0) is 20.1. The number of fused-ring (bicyclic) bond motifs is 5. The number of hydrogen-bond donors (Lipinski definition) is 0. The quantitative estimate of drug-likeness (QED) is 0.393. The number of esters is 1. The third kappa shape index (κ3) is 3.18. The molecule has 0 aromatic heterocycles. The smallest absolute Gasteiger partial charge is 0.305 e. The van der Waals surface area contributed by atoms with Gasteiger partial charge in [-0.2, -0.15) is 0 Å². The van der Waals surface area contributed by atoms with E-state index in [1.807, 2.05) is 5.57 Å². The van der Waals surface area contributed by atoms with Gasteiger partial charge >= 0.3 is 5.97 Å². The van der Waals surface area contributed by atoms with Crippen molar-refractivity contribution in [2.45, 2.75) is 91.9 Å². The van der Waals surface area contributed by atoms with E-state index in [1.54, 1.807) is 0 Å². The molecule has 3 unspecified atom stereocenters. The lowest BCUT2D eigenvalue weighted by Crippen LogP contribution is -2.48. The minimum atomic E-state index is -0.0462. The predicted molar refractivity (Wildman–Crippen MR) is 115 cm³/mol. The number of hydrogen-bond acceptors (Lipinski definition) is 2. The number of carbonyl (C=O) groups excluding carboxylic acids is 1. The average Bonchev–Trinajstić information content (AvgIpc) is 3.03. The van der Waals surface area contributed by atoms with Crippen molar-refractivity contribution >= 4 is 5.97 Å². The van der Waals surface area contributed by atoms with Crippen molar-refractivity contribution in [3.63, 3.8) is 0 Å². The van der Waals surface area contributed by atoms with Crippen molar-refractivity contribution < 1.29 is 9.53 Å². The minimum absolute atomic E-state index is 0.0462. The van der Waals surface area contributed by atoms with Gasteiger partial charge in [-0.05, 0) is 104 Å². The lowest BCUT2D eigenvalue weighted by atomic mass is 9.48. The Bertz CT molecular complexity index is 636. The summed E-state index contributed by atoms with van der Waals surface area (Å²) in [5.74, 6) is 4.90. The Morgan fingerprint density at radius 1 is 1.21 bits per heavy atom. The van der Waals surface area contributed by atoms with Gasteiger partial charge in [0, 0.05) is 6.42 Å². The van der Waals surface area contributed by atoms with E-state index in [0.29, 0.717) is 23.2 Å². The van der Waals surface area contributed by atoms with Gasteiger partial charge < -0.3 is 4.74 Å². The molecular formula is C26H42O2. The second-order valence-corrected chi connectivity index (χ2v) is 11.4. The fourth-order valence-electron chi connectivity index (χ4n) is 8.36. The van der Waals surface area contributed by atoms with Crippen LogP contribution < -0.4 is 0 Å². The van der Waals surface area contributed by atoms with Gasteiger partial charge in [0.1, 0.15) is 0 Å². The second kappa shape index (κ2) is 7.47. The Morgan fingerprint density at radius 3 is 2.75 bits per heavy atom. The molecule has 3 fully saturated rings. The van der Waals surface area contributed by atoms with E-state index in [-0.39, 0.29) is 5.97 Å². The molecule has 0 aliphatic heterocycles. The summed E-state index contributed by atoms with van der Waals surface area (Å²) in [7, 11) is 1.51. The van der Waals surface area contributed by atoms with Crippen LogP contribution in [0.3, 0.4) is 0 Å². The molecule has 8 atom stereocenters. The monoisotopic (exact) mass is 386 g/mol. The summed E-state index contributed by atoms with van der Waals surface area (Å²) in [4.78, 5) is 11.6. The Kier molecular flexibility index (Phi) is 5.47. The zero-order valence-electron chi connectivity index (χ0n) is 18.9. The van der Waals surface area contributed by atoms with Crippen molar-refractivity contribution in [3.05, 3.63) is 11.6 Å². The van der Waals surface area contributed by atoms with Crippen molar-refractivity contribution in [1.29, 1.82) is 0 Å². The van der Waals surface area contributed by atoms with Crippen molar-refractivity contribution in [1.82, 2.24) is 0 Å². The maximum Gasteiger partial charge on any atom is 0.305 e. The summed E-state index contributed by atoms with van der Waals surface area (Å²) in [6, 6.07) is 0. The molecule has 0 spiro atoms. The average molecular weight is 387 g/mol. The third-order valence-electron chi connectivity index (χ3n) is 10.1. The van der Waals surface area contributed by atoms with E-state index in [1.165, 1.54) is 58.5 Å². The lowest BCUT2D eigenvalue weighted by Gasteiger charge is -2.57. The summed E-state index contributed by atoms with van der Waals surface area (Å²) in [6.07, 6.45) is 15.5. The Labute approximate surface area is 172 Å². The zero-order valence-corrected chi connectivity index (χ0v) is 18.9. The molecule has 2 nitrogen and oxygen atoms in total. The number of carbonyl (C=O) groups is 1. The van der Waals surface area contributed by atoms with E-state index >= 15 is 0 Å². The molecule has 0 aromatic carbocycles. The first kappa shape index (κ1) is 20.5. The number of rotatable bonds is 4. The van der Waals surface area contributed by atoms with E-state index in [0.717, 1.165) is 36.0 Å². The largest absolute Gasteiger partial charge is 0.469 e. The SMILES string of the molecule is COC(=O)CC[C@@H](C)C1CCC2C3CC[C@@H]4C[C@@H](C)CC[C@]4(C)C3=CC[C@@]21C. The molecule has 2 heteroatoms. The summed E-state index contributed by atoms with van der Waals surface area (Å²) in [5, 5.41) is 0. The minimum Gasteiger partial charge on any atom is -0.469 e.